The normalized spacial score (nSPS) is 13.5. The van der Waals surface area contributed by atoms with Gasteiger partial charge in [-0.25, -0.2) is 0 Å². The average Bonchev–Trinajstić information content (AvgIpc) is 2.16. The van der Waals surface area contributed by atoms with Crippen molar-refractivity contribution < 1.29 is 5.11 Å². The Bertz CT molecular complexity index is 243. The SMILES string of the molecule is N[C@@H](/C=C/c1ccccc1)CO. The van der Waals surface area contributed by atoms with Gasteiger partial charge in [-0.1, -0.05) is 42.5 Å². The van der Waals surface area contributed by atoms with Gasteiger partial charge in [-0.15, -0.1) is 0 Å². The fourth-order valence-corrected chi connectivity index (χ4v) is 0.860. The first-order valence-electron chi connectivity index (χ1n) is 3.92. The minimum Gasteiger partial charge on any atom is -0.394 e. The van der Waals surface area contributed by atoms with Crippen LogP contribution in [0, 0.1) is 0 Å². The third-order valence-electron chi connectivity index (χ3n) is 1.55. The van der Waals surface area contributed by atoms with Gasteiger partial charge < -0.3 is 10.8 Å². The molecule has 1 atom stereocenters. The van der Waals surface area contributed by atoms with E-state index in [2.05, 4.69) is 0 Å². The molecule has 0 saturated heterocycles. The molecule has 0 radical (unpaired) electrons. The van der Waals surface area contributed by atoms with Gasteiger partial charge in [0.2, 0.25) is 0 Å². The molecule has 0 bridgehead atoms. The second-order valence-electron chi connectivity index (χ2n) is 2.62. The first kappa shape index (κ1) is 8.97. The van der Waals surface area contributed by atoms with E-state index in [1.54, 1.807) is 6.08 Å². The molecule has 0 spiro atoms. The van der Waals surface area contributed by atoms with Crippen molar-refractivity contribution in [2.45, 2.75) is 6.04 Å². The number of hydrogen-bond acceptors (Lipinski definition) is 2. The van der Waals surface area contributed by atoms with Crippen LogP contribution in [0.4, 0.5) is 0 Å². The Morgan fingerprint density at radius 1 is 1.33 bits per heavy atom. The van der Waals surface area contributed by atoms with Gasteiger partial charge in [0.15, 0.2) is 0 Å². The zero-order chi connectivity index (χ0) is 8.81. The van der Waals surface area contributed by atoms with E-state index in [0.29, 0.717) is 0 Å². The van der Waals surface area contributed by atoms with Gasteiger partial charge >= 0.3 is 0 Å². The maximum absolute atomic E-state index is 8.64. The molecule has 64 valence electrons. The summed E-state index contributed by atoms with van der Waals surface area (Å²) in [5, 5.41) is 8.64. The molecule has 0 unspecified atom stereocenters. The minimum atomic E-state index is -0.259. The smallest absolute Gasteiger partial charge is 0.0618 e. The van der Waals surface area contributed by atoms with E-state index < -0.39 is 0 Å². The van der Waals surface area contributed by atoms with Crippen molar-refractivity contribution in [1.29, 1.82) is 0 Å². The van der Waals surface area contributed by atoms with Crippen LogP contribution in [0.1, 0.15) is 5.56 Å². The molecule has 2 heteroatoms. The van der Waals surface area contributed by atoms with Crippen molar-refractivity contribution in [1.82, 2.24) is 0 Å². The monoisotopic (exact) mass is 163 g/mol. The quantitative estimate of drug-likeness (QED) is 0.698. The van der Waals surface area contributed by atoms with Crippen molar-refractivity contribution in [2.75, 3.05) is 6.61 Å². The van der Waals surface area contributed by atoms with E-state index in [1.807, 2.05) is 36.4 Å². The van der Waals surface area contributed by atoms with Gasteiger partial charge in [0.1, 0.15) is 0 Å². The lowest BCUT2D eigenvalue weighted by atomic mass is 10.2. The van der Waals surface area contributed by atoms with Gasteiger partial charge in [-0.2, -0.15) is 0 Å². The number of hydrogen-bond donors (Lipinski definition) is 2. The molecule has 0 aliphatic carbocycles. The molecule has 0 fully saturated rings. The highest BCUT2D eigenvalue weighted by Gasteiger charge is 1.91. The summed E-state index contributed by atoms with van der Waals surface area (Å²) in [6.07, 6.45) is 3.69. The van der Waals surface area contributed by atoms with Crippen molar-refractivity contribution in [3.05, 3.63) is 42.0 Å². The molecular weight excluding hydrogens is 150 g/mol. The van der Waals surface area contributed by atoms with Gasteiger partial charge in [-0.05, 0) is 5.56 Å². The number of aliphatic hydroxyl groups excluding tert-OH is 1. The summed E-state index contributed by atoms with van der Waals surface area (Å²) >= 11 is 0. The van der Waals surface area contributed by atoms with E-state index in [-0.39, 0.29) is 12.6 Å². The van der Waals surface area contributed by atoms with E-state index in [4.69, 9.17) is 10.8 Å². The first-order valence-corrected chi connectivity index (χ1v) is 3.92. The fraction of sp³-hybridized carbons (Fsp3) is 0.200. The van der Waals surface area contributed by atoms with Crippen molar-refractivity contribution >= 4 is 6.08 Å². The van der Waals surface area contributed by atoms with Gasteiger partial charge in [-0.3, -0.25) is 0 Å². The number of rotatable bonds is 3. The molecule has 3 N–H and O–H groups in total. The number of benzene rings is 1. The van der Waals surface area contributed by atoms with Crippen LogP contribution in [0.25, 0.3) is 6.08 Å². The van der Waals surface area contributed by atoms with Crippen LogP contribution in [-0.2, 0) is 0 Å². The highest BCUT2D eigenvalue weighted by molar-refractivity contribution is 5.49. The Labute approximate surface area is 72.3 Å². The third-order valence-corrected chi connectivity index (χ3v) is 1.55. The van der Waals surface area contributed by atoms with Crippen LogP contribution in [0.5, 0.6) is 0 Å². The summed E-state index contributed by atoms with van der Waals surface area (Å²) in [6.45, 7) is -0.0106. The highest BCUT2D eigenvalue weighted by atomic mass is 16.3. The predicted octanol–water partition coefficient (Wildman–Crippen LogP) is 1.02. The molecule has 1 aromatic carbocycles. The topological polar surface area (TPSA) is 46.2 Å². The molecular formula is C10H13NO. The zero-order valence-corrected chi connectivity index (χ0v) is 6.85. The van der Waals surface area contributed by atoms with Crippen LogP contribution >= 0.6 is 0 Å². The fourth-order valence-electron chi connectivity index (χ4n) is 0.860. The maximum atomic E-state index is 8.64. The Hall–Kier alpha value is -1.12. The molecule has 1 aromatic rings. The third kappa shape index (κ3) is 2.86. The van der Waals surface area contributed by atoms with E-state index >= 15 is 0 Å². The van der Waals surface area contributed by atoms with Gasteiger partial charge in [0.25, 0.3) is 0 Å². The molecule has 0 heterocycles. The summed E-state index contributed by atoms with van der Waals surface area (Å²) < 4.78 is 0. The molecule has 0 aliphatic heterocycles. The summed E-state index contributed by atoms with van der Waals surface area (Å²) in [6, 6.07) is 9.60. The summed E-state index contributed by atoms with van der Waals surface area (Å²) in [5.74, 6) is 0. The largest absolute Gasteiger partial charge is 0.394 e. The Morgan fingerprint density at radius 3 is 2.58 bits per heavy atom. The van der Waals surface area contributed by atoms with Gasteiger partial charge in [0.05, 0.1) is 6.61 Å². The van der Waals surface area contributed by atoms with Crippen LogP contribution in [0.15, 0.2) is 36.4 Å². The Kier molecular flexibility index (Phi) is 3.51. The molecule has 0 saturated carbocycles. The number of aliphatic hydroxyl groups is 1. The van der Waals surface area contributed by atoms with Crippen molar-refractivity contribution in [3.63, 3.8) is 0 Å². The number of nitrogens with two attached hydrogens (primary N) is 1. The molecule has 12 heavy (non-hydrogen) atoms. The molecule has 0 aromatic heterocycles. The van der Waals surface area contributed by atoms with Crippen LogP contribution in [-0.4, -0.2) is 17.8 Å². The first-order chi connectivity index (χ1) is 5.83. The maximum Gasteiger partial charge on any atom is 0.0618 e. The predicted molar refractivity (Wildman–Crippen MR) is 50.5 cm³/mol. The van der Waals surface area contributed by atoms with Crippen LogP contribution in [0.3, 0.4) is 0 Å². The molecule has 0 amide bonds. The minimum absolute atomic E-state index is 0.0106. The summed E-state index contributed by atoms with van der Waals surface area (Å²) in [4.78, 5) is 0. The molecule has 1 rings (SSSR count). The highest BCUT2D eigenvalue weighted by Crippen LogP contribution is 2.00. The van der Waals surface area contributed by atoms with Gasteiger partial charge in [0, 0.05) is 6.04 Å². The van der Waals surface area contributed by atoms with Crippen LogP contribution < -0.4 is 5.73 Å². The van der Waals surface area contributed by atoms with E-state index in [9.17, 15) is 0 Å². The standard InChI is InChI=1S/C10H13NO/c11-10(8-12)7-6-9-4-2-1-3-5-9/h1-7,10,12H,8,11H2/b7-6+/t10-/m0/s1. The lowest BCUT2D eigenvalue weighted by Gasteiger charge is -1.98. The van der Waals surface area contributed by atoms with E-state index in [1.165, 1.54) is 0 Å². The lowest BCUT2D eigenvalue weighted by molar-refractivity contribution is 0.284. The summed E-state index contributed by atoms with van der Waals surface area (Å²) in [7, 11) is 0. The Balaban J connectivity index is 2.58. The zero-order valence-electron chi connectivity index (χ0n) is 6.85. The molecule has 2 nitrogen and oxygen atoms in total. The van der Waals surface area contributed by atoms with E-state index in [0.717, 1.165) is 5.56 Å². The summed E-state index contributed by atoms with van der Waals surface area (Å²) in [5.41, 5.74) is 6.58. The van der Waals surface area contributed by atoms with Crippen molar-refractivity contribution in [2.24, 2.45) is 5.73 Å². The molecule has 0 aliphatic rings. The van der Waals surface area contributed by atoms with Crippen molar-refractivity contribution in [3.8, 4) is 0 Å². The average molecular weight is 163 g/mol. The van der Waals surface area contributed by atoms with Crippen LogP contribution in [0.2, 0.25) is 0 Å². The Morgan fingerprint density at radius 2 is 2.00 bits per heavy atom. The lowest BCUT2D eigenvalue weighted by Crippen LogP contribution is -2.20. The second-order valence-corrected chi connectivity index (χ2v) is 2.62. The second kappa shape index (κ2) is 4.70.